The fraction of sp³-hybridized carbons (Fsp3) is 0.625. The fourth-order valence-corrected chi connectivity index (χ4v) is 2.14. The molecule has 0 radical (unpaired) electrons. The number of para-hydroxylation sites is 2. The van der Waals surface area contributed by atoms with Crippen molar-refractivity contribution in [2.45, 2.75) is 19.4 Å². The van der Waals surface area contributed by atoms with E-state index in [0.29, 0.717) is 18.0 Å². The molecule has 0 aliphatic carbocycles. The summed E-state index contributed by atoms with van der Waals surface area (Å²) < 4.78 is 5.58. The van der Waals surface area contributed by atoms with Crippen molar-refractivity contribution in [3.63, 3.8) is 0 Å². The highest BCUT2D eigenvalue weighted by molar-refractivity contribution is 5.51. The molecule has 0 saturated carbocycles. The van der Waals surface area contributed by atoms with Crippen LogP contribution in [0, 0.1) is 0 Å². The van der Waals surface area contributed by atoms with Gasteiger partial charge in [-0.05, 0) is 52.3 Å². The first-order valence-electron chi connectivity index (χ1n) is 7.55. The van der Waals surface area contributed by atoms with Gasteiger partial charge in [0.1, 0.15) is 18.5 Å². The number of ether oxygens (including phenoxy) is 1. The van der Waals surface area contributed by atoms with Crippen molar-refractivity contribution in [2.75, 3.05) is 52.6 Å². The number of nitrogen functional groups attached to an aromatic ring is 1. The molecular weight excluding hydrogens is 266 g/mol. The largest absolute Gasteiger partial charge is 0.489 e. The number of likely N-dealkylation sites (N-methyl/N-ethyl adjacent to an activating group) is 1. The average Bonchev–Trinajstić information content (AvgIpc) is 2.45. The van der Waals surface area contributed by atoms with Gasteiger partial charge in [0, 0.05) is 6.54 Å². The number of benzene rings is 1. The Morgan fingerprint density at radius 1 is 1.24 bits per heavy atom. The van der Waals surface area contributed by atoms with Crippen molar-refractivity contribution in [1.29, 1.82) is 0 Å². The van der Waals surface area contributed by atoms with E-state index in [1.165, 1.54) is 0 Å². The molecule has 5 heteroatoms. The number of hydrogen-bond donors (Lipinski definition) is 2. The van der Waals surface area contributed by atoms with Gasteiger partial charge in [-0.1, -0.05) is 19.1 Å². The maximum absolute atomic E-state index is 10.1. The van der Waals surface area contributed by atoms with Gasteiger partial charge in [0.15, 0.2) is 0 Å². The molecule has 0 bridgehead atoms. The Labute approximate surface area is 128 Å². The van der Waals surface area contributed by atoms with Gasteiger partial charge in [0.05, 0.1) is 5.69 Å². The zero-order valence-electron chi connectivity index (χ0n) is 13.5. The van der Waals surface area contributed by atoms with E-state index in [2.05, 4.69) is 30.8 Å². The number of nitrogens with zero attached hydrogens (tertiary/aromatic N) is 2. The average molecular weight is 295 g/mol. The molecule has 0 heterocycles. The maximum atomic E-state index is 10.1. The monoisotopic (exact) mass is 295 g/mol. The summed E-state index contributed by atoms with van der Waals surface area (Å²) in [5.74, 6) is 0.632. The van der Waals surface area contributed by atoms with Gasteiger partial charge in [-0.3, -0.25) is 0 Å². The smallest absolute Gasteiger partial charge is 0.142 e. The van der Waals surface area contributed by atoms with Gasteiger partial charge in [-0.2, -0.15) is 0 Å². The second-order valence-corrected chi connectivity index (χ2v) is 5.55. The number of aliphatic hydroxyl groups is 1. The summed E-state index contributed by atoms with van der Waals surface area (Å²) in [6.07, 6.45) is 0.587. The quantitative estimate of drug-likeness (QED) is 0.637. The normalized spacial score (nSPS) is 12.9. The lowest BCUT2D eigenvalue weighted by Crippen LogP contribution is -2.37. The molecule has 0 saturated heterocycles. The van der Waals surface area contributed by atoms with E-state index in [1.54, 1.807) is 6.07 Å². The zero-order valence-corrected chi connectivity index (χ0v) is 13.5. The maximum Gasteiger partial charge on any atom is 0.142 e. The first-order chi connectivity index (χ1) is 10.0. The minimum Gasteiger partial charge on any atom is -0.489 e. The van der Waals surface area contributed by atoms with Gasteiger partial charge in [0.25, 0.3) is 0 Å². The van der Waals surface area contributed by atoms with Crippen LogP contribution in [0.15, 0.2) is 24.3 Å². The van der Waals surface area contributed by atoms with E-state index in [0.717, 1.165) is 26.1 Å². The Bertz CT molecular complexity index is 399. The highest BCUT2D eigenvalue weighted by atomic mass is 16.5. The first-order valence-corrected chi connectivity index (χ1v) is 7.55. The molecule has 0 amide bonds. The lowest BCUT2D eigenvalue weighted by Gasteiger charge is -2.24. The lowest BCUT2D eigenvalue weighted by molar-refractivity contribution is 0.0691. The number of anilines is 1. The number of aliphatic hydroxyl groups excluding tert-OH is 1. The van der Waals surface area contributed by atoms with Gasteiger partial charge in [-0.25, -0.2) is 0 Å². The standard InChI is InChI=1S/C16H29N3O2/c1-4-19(11-7-10-18(2)3)12-14(20)13-21-16-9-6-5-8-15(16)17/h5-6,8-9,14,20H,4,7,10-13,17H2,1-3H3. The van der Waals surface area contributed by atoms with Crippen LogP contribution in [0.4, 0.5) is 5.69 Å². The molecule has 0 fully saturated rings. The van der Waals surface area contributed by atoms with Crippen LogP contribution in [0.5, 0.6) is 5.75 Å². The Hall–Kier alpha value is -1.30. The van der Waals surface area contributed by atoms with Crippen LogP contribution < -0.4 is 10.5 Å². The second kappa shape index (κ2) is 9.60. The molecule has 120 valence electrons. The van der Waals surface area contributed by atoms with Crippen molar-refractivity contribution in [2.24, 2.45) is 0 Å². The minimum atomic E-state index is -0.510. The molecule has 21 heavy (non-hydrogen) atoms. The summed E-state index contributed by atoms with van der Waals surface area (Å²) in [6.45, 7) is 5.97. The predicted octanol–water partition coefficient (Wildman–Crippen LogP) is 1.28. The van der Waals surface area contributed by atoms with Crippen LogP contribution in [-0.4, -0.2) is 67.9 Å². The second-order valence-electron chi connectivity index (χ2n) is 5.55. The Morgan fingerprint density at radius 3 is 2.57 bits per heavy atom. The minimum absolute atomic E-state index is 0.262. The van der Waals surface area contributed by atoms with Gasteiger partial charge in [-0.15, -0.1) is 0 Å². The molecular formula is C16H29N3O2. The van der Waals surface area contributed by atoms with Crippen molar-refractivity contribution >= 4 is 5.69 Å². The Kier molecular flexibility index (Phi) is 8.12. The lowest BCUT2D eigenvalue weighted by atomic mass is 10.3. The third kappa shape index (κ3) is 7.32. The van der Waals surface area contributed by atoms with Crippen LogP contribution >= 0.6 is 0 Å². The van der Waals surface area contributed by atoms with Crippen LogP contribution in [0.25, 0.3) is 0 Å². The van der Waals surface area contributed by atoms with Crippen LogP contribution in [0.3, 0.4) is 0 Å². The molecule has 0 aliphatic heterocycles. The molecule has 1 atom stereocenters. The predicted molar refractivity (Wildman–Crippen MR) is 87.6 cm³/mol. The van der Waals surface area contributed by atoms with Gasteiger partial charge >= 0.3 is 0 Å². The van der Waals surface area contributed by atoms with Crippen molar-refractivity contribution < 1.29 is 9.84 Å². The molecule has 0 spiro atoms. The molecule has 0 aliphatic rings. The van der Waals surface area contributed by atoms with E-state index >= 15 is 0 Å². The first kappa shape index (κ1) is 17.8. The van der Waals surface area contributed by atoms with Crippen molar-refractivity contribution in [3.8, 4) is 5.75 Å². The number of hydrogen-bond acceptors (Lipinski definition) is 5. The number of rotatable bonds is 10. The van der Waals surface area contributed by atoms with E-state index in [1.807, 2.05) is 18.2 Å². The molecule has 1 unspecified atom stereocenters. The van der Waals surface area contributed by atoms with Crippen LogP contribution in [-0.2, 0) is 0 Å². The van der Waals surface area contributed by atoms with Crippen molar-refractivity contribution in [1.82, 2.24) is 9.80 Å². The third-order valence-corrected chi connectivity index (χ3v) is 3.35. The SMILES string of the molecule is CCN(CCCN(C)C)CC(O)COc1ccccc1N. The molecule has 0 aromatic heterocycles. The Morgan fingerprint density at radius 2 is 1.95 bits per heavy atom. The molecule has 1 aromatic rings. The van der Waals surface area contributed by atoms with E-state index in [4.69, 9.17) is 10.5 Å². The summed E-state index contributed by atoms with van der Waals surface area (Å²) >= 11 is 0. The van der Waals surface area contributed by atoms with Crippen LogP contribution in [0.1, 0.15) is 13.3 Å². The highest BCUT2D eigenvalue weighted by Gasteiger charge is 2.11. The van der Waals surface area contributed by atoms with Gasteiger partial charge in [0.2, 0.25) is 0 Å². The molecule has 1 aromatic carbocycles. The highest BCUT2D eigenvalue weighted by Crippen LogP contribution is 2.19. The summed E-state index contributed by atoms with van der Waals surface area (Å²) in [5.41, 5.74) is 6.41. The van der Waals surface area contributed by atoms with E-state index in [-0.39, 0.29) is 6.61 Å². The summed E-state index contributed by atoms with van der Waals surface area (Å²) in [6, 6.07) is 7.35. The topological polar surface area (TPSA) is 62.0 Å². The van der Waals surface area contributed by atoms with Crippen molar-refractivity contribution in [3.05, 3.63) is 24.3 Å². The fourth-order valence-electron chi connectivity index (χ4n) is 2.14. The van der Waals surface area contributed by atoms with Gasteiger partial charge < -0.3 is 25.4 Å². The van der Waals surface area contributed by atoms with E-state index < -0.39 is 6.10 Å². The summed E-state index contributed by atoms with van der Waals surface area (Å²) in [7, 11) is 4.15. The molecule has 3 N–H and O–H groups in total. The summed E-state index contributed by atoms with van der Waals surface area (Å²) in [4.78, 5) is 4.41. The summed E-state index contributed by atoms with van der Waals surface area (Å²) in [5, 5.41) is 10.1. The molecule has 1 rings (SSSR count). The third-order valence-electron chi connectivity index (χ3n) is 3.35. The van der Waals surface area contributed by atoms with E-state index in [9.17, 15) is 5.11 Å². The zero-order chi connectivity index (χ0) is 15.7. The molecule has 5 nitrogen and oxygen atoms in total. The number of nitrogens with two attached hydrogens (primary N) is 1. The Balaban J connectivity index is 2.30. The van der Waals surface area contributed by atoms with Crippen LogP contribution in [0.2, 0.25) is 0 Å².